The molecule has 1 N–H and O–H groups in total. The van der Waals surface area contributed by atoms with Crippen molar-refractivity contribution >= 4 is 17.2 Å². The van der Waals surface area contributed by atoms with E-state index in [4.69, 9.17) is 4.42 Å². The van der Waals surface area contributed by atoms with Crippen LogP contribution in [0.5, 0.6) is 0 Å². The monoisotopic (exact) mass is 385 g/mol. The highest BCUT2D eigenvalue weighted by Gasteiger charge is 2.33. The Hall–Kier alpha value is -2.38. The normalized spacial score (nSPS) is 18.2. The van der Waals surface area contributed by atoms with Gasteiger partial charge in [-0.25, -0.2) is 4.98 Å². The van der Waals surface area contributed by atoms with Gasteiger partial charge in [0, 0.05) is 37.1 Å². The summed E-state index contributed by atoms with van der Waals surface area (Å²) in [6.45, 7) is 2.74. The predicted octanol–water partition coefficient (Wildman–Crippen LogP) is 3.78. The molecule has 1 saturated heterocycles. The van der Waals surface area contributed by atoms with E-state index in [1.807, 2.05) is 36.4 Å². The van der Waals surface area contributed by atoms with Gasteiger partial charge in [0.15, 0.2) is 0 Å². The van der Waals surface area contributed by atoms with Crippen molar-refractivity contribution in [1.82, 2.24) is 14.5 Å². The SMILES string of the molecule is Cc1ccc(-c2nc(C(=O)N3CCC[C@H]3C[C@@H](O)c3ccco3)cs2)n1C. The highest BCUT2D eigenvalue weighted by Crippen LogP contribution is 2.30. The molecule has 4 heterocycles. The third-order valence-electron chi connectivity index (χ3n) is 5.32. The van der Waals surface area contributed by atoms with Gasteiger partial charge in [-0.05, 0) is 44.0 Å². The first-order valence-electron chi connectivity index (χ1n) is 9.15. The van der Waals surface area contributed by atoms with Gasteiger partial charge in [0.25, 0.3) is 5.91 Å². The van der Waals surface area contributed by atoms with Gasteiger partial charge in [-0.15, -0.1) is 11.3 Å². The number of aryl methyl sites for hydroxylation is 1. The number of amides is 1. The van der Waals surface area contributed by atoms with Crippen molar-refractivity contribution in [1.29, 1.82) is 0 Å². The van der Waals surface area contributed by atoms with E-state index in [-0.39, 0.29) is 11.9 Å². The molecule has 2 atom stereocenters. The lowest BCUT2D eigenvalue weighted by molar-refractivity contribution is 0.0637. The van der Waals surface area contributed by atoms with Gasteiger partial charge in [0.1, 0.15) is 22.6 Å². The number of furan rings is 1. The molecule has 0 unspecified atom stereocenters. The summed E-state index contributed by atoms with van der Waals surface area (Å²) < 4.78 is 7.36. The Kier molecular flexibility index (Phi) is 4.88. The van der Waals surface area contributed by atoms with E-state index in [1.54, 1.807) is 18.4 Å². The number of likely N-dealkylation sites (tertiary alicyclic amines) is 1. The lowest BCUT2D eigenvalue weighted by atomic mass is 10.0. The van der Waals surface area contributed by atoms with Gasteiger partial charge in [0.2, 0.25) is 0 Å². The largest absolute Gasteiger partial charge is 0.467 e. The zero-order chi connectivity index (χ0) is 19.0. The van der Waals surface area contributed by atoms with Crippen molar-refractivity contribution < 1.29 is 14.3 Å². The number of carbonyl (C=O) groups is 1. The maximum absolute atomic E-state index is 13.0. The van der Waals surface area contributed by atoms with E-state index in [2.05, 4.69) is 9.55 Å². The zero-order valence-corrected chi connectivity index (χ0v) is 16.3. The molecule has 0 spiro atoms. The number of rotatable bonds is 5. The lowest BCUT2D eigenvalue weighted by Gasteiger charge is -2.25. The first kappa shape index (κ1) is 18.0. The Bertz CT molecular complexity index is 928. The van der Waals surface area contributed by atoms with Gasteiger partial charge in [-0.3, -0.25) is 4.79 Å². The molecule has 0 bridgehead atoms. The summed E-state index contributed by atoms with van der Waals surface area (Å²) in [5, 5.41) is 13.1. The Balaban J connectivity index is 1.49. The molecule has 7 heteroatoms. The molecule has 0 radical (unpaired) electrons. The van der Waals surface area contributed by atoms with Gasteiger partial charge in [-0.2, -0.15) is 0 Å². The molecule has 0 saturated carbocycles. The second-order valence-corrected chi connectivity index (χ2v) is 7.88. The second kappa shape index (κ2) is 7.32. The summed E-state index contributed by atoms with van der Waals surface area (Å²) >= 11 is 1.49. The molecule has 1 amide bonds. The van der Waals surface area contributed by atoms with Gasteiger partial charge in [-0.1, -0.05) is 0 Å². The predicted molar refractivity (Wildman–Crippen MR) is 104 cm³/mol. The molecule has 3 aromatic rings. The molecule has 1 aliphatic heterocycles. The number of aliphatic hydroxyl groups is 1. The zero-order valence-electron chi connectivity index (χ0n) is 15.5. The van der Waals surface area contributed by atoms with Crippen molar-refractivity contribution in [3.05, 3.63) is 53.1 Å². The fourth-order valence-corrected chi connectivity index (χ4v) is 4.52. The van der Waals surface area contributed by atoms with Crippen molar-refractivity contribution in [2.45, 2.75) is 38.3 Å². The van der Waals surface area contributed by atoms with Crippen molar-refractivity contribution in [2.75, 3.05) is 6.54 Å². The molecule has 27 heavy (non-hydrogen) atoms. The van der Waals surface area contributed by atoms with E-state index in [9.17, 15) is 9.90 Å². The minimum atomic E-state index is -0.698. The molecule has 6 nitrogen and oxygen atoms in total. The van der Waals surface area contributed by atoms with Crippen LogP contribution in [-0.4, -0.2) is 38.1 Å². The van der Waals surface area contributed by atoms with Crippen LogP contribution >= 0.6 is 11.3 Å². The maximum Gasteiger partial charge on any atom is 0.273 e. The molecule has 4 rings (SSSR count). The average Bonchev–Trinajstić information content (AvgIpc) is 3.43. The number of hydrogen-bond acceptors (Lipinski definition) is 5. The minimum absolute atomic E-state index is 0.0000286. The highest BCUT2D eigenvalue weighted by molar-refractivity contribution is 7.13. The van der Waals surface area contributed by atoms with E-state index >= 15 is 0 Å². The minimum Gasteiger partial charge on any atom is -0.467 e. The molecule has 0 aromatic carbocycles. The third kappa shape index (κ3) is 3.44. The van der Waals surface area contributed by atoms with Gasteiger partial charge in [0.05, 0.1) is 12.0 Å². The summed E-state index contributed by atoms with van der Waals surface area (Å²) in [7, 11) is 2.00. The summed E-state index contributed by atoms with van der Waals surface area (Å²) in [5.41, 5.74) is 2.65. The number of carbonyl (C=O) groups excluding carboxylic acids is 1. The van der Waals surface area contributed by atoms with Gasteiger partial charge >= 0.3 is 0 Å². The van der Waals surface area contributed by atoms with Gasteiger partial charge < -0.3 is 19.0 Å². The van der Waals surface area contributed by atoms with Crippen LogP contribution < -0.4 is 0 Å². The number of nitrogens with zero attached hydrogens (tertiary/aromatic N) is 3. The first-order valence-corrected chi connectivity index (χ1v) is 10.0. The molecule has 3 aromatic heterocycles. The fraction of sp³-hybridized carbons (Fsp3) is 0.400. The van der Waals surface area contributed by atoms with E-state index in [0.717, 1.165) is 29.2 Å². The summed E-state index contributed by atoms with van der Waals surface area (Å²) in [4.78, 5) is 19.5. The summed E-state index contributed by atoms with van der Waals surface area (Å²) in [6.07, 6.45) is 3.16. The first-order chi connectivity index (χ1) is 13.0. The van der Waals surface area contributed by atoms with Crippen LogP contribution in [-0.2, 0) is 7.05 Å². The number of aliphatic hydroxyl groups excluding tert-OH is 1. The molecular weight excluding hydrogens is 362 g/mol. The number of hydrogen-bond donors (Lipinski definition) is 1. The smallest absolute Gasteiger partial charge is 0.273 e. The fourth-order valence-electron chi connectivity index (χ4n) is 3.67. The Morgan fingerprint density at radius 2 is 2.30 bits per heavy atom. The van der Waals surface area contributed by atoms with E-state index < -0.39 is 6.10 Å². The lowest BCUT2D eigenvalue weighted by Crippen LogP contribution is -2.36. The second-order valence-electron chi connectivity index (χ2n) is 7.02. The molecule has 142 valence electrons. The maximum atomic E-state index is 13.0. The Morgan fingerprint density at radius 3 is 3.00 bits per heavy atom. The summed E-state index contributed by atoms with van der Waals surface area (Å²) in [6, 6.07) is 7.60. The molecule has 1 aliphatic rings. The number of thiazole rings is 1. The molecule has 0 aliphatic carbocycles. The molecular formula is C20H23N3O3S. The topological polar surface area (TPSA) is 71.5 Å². The van der Waals surface area contributed by atoms with E-state index in [1.165, 1.54) is 11.3 Å². The average molecular weight is 385 g/mol. The Labute approximate surface area is 162 Å². The van der Waals surface area contributed by atoms with Crippen LogP contribution in [0, 0.1) is 6.92 Å². The quantitative estimate of drug-likeness (QED) is 0.726. The standard InChI is InChI=1S/C20H23N3O3S/c1-13-7-8-16(22(13)2)19-21-15(12-27-19)20(25)23-9-3-5-14(23)11-17(24)18-6-4-10-26-18/h4,6-8,10,12,14,17,24H,3,5,9,11H2,1-2H3/t14-,17+/m0/s1. The van der Waals surface area contributed by atoms with Crippen molar-refractivity contribution in [3.8, 4) is 10.7 Å². The third-order valence-corrected chi connectivity index (χ3v) is 6.18. The Morgan fingerprint density at radius 1 is 1.44 bits per heavy atom. The molecule has 1 fully saturated rings. The van der Waals surface area contributed by atoms with Crippen LogP contribution in [0.3, 0.4) is 0 Å². The number of aromatic nitrogens is 2. The van der Waals surface area contributed by atoms with Crippen LogP contribution in [0.2, 0.25) is 0 Å². The van der Waals surface area contributed by atoms with E-state index in [0.29, 0.717) is 24.4 Å². The van der Waals surface area contributed by atoms with Crippen molar-refractivity contribution in [3.63, 3.8) is 0 Å². The van der Waals surface area contributed by atoms with Crippen LogP contribution in [0.1, 0.15) is 47.3 Å². The van der Waals surface area contributed by atoms with Crippen LogP contribution in [0.4, 0.5) is 0 Å². The highest BCUT2D eigenvalue weighted by atomic mass is 32.1. The van der Waals surface area contributed by atoms with Crippen molar-refractivity contribution in [2.24, 2.45) is 7.05 Å². The summed E-state index contributed by atoms with van der Waals surface area (Å²) in [5.74, 6) is 0.488. The van der Waals surface area contributed by atoms with Crippen LogP contribution in [0.15, 0.2) is 40.3 Å². The van der Waals surface area contributed by atoms with Crippen LogP contribution in [0.25, 0.3) is 10.7 Å².